The van der Waals surface area contributed by atoms with Gasteiger partial charge in [-0.2, -0.15) is 0 Å². The number of fused-ring (bicyclic) bond motifs is 1. The molecule has 1 aliphatic carbocycles. The summed E-state index contributed by atoms with van der Waals surface area (Å²) in [6.45, 7) is 2.00. The molecule has 1 aliphatic rings. The summed E-state index contributed by atoms with van der Waals surface area (Å²) in [5, 5.41) is 0. The zero-order chi connectivity index (χ0) is 12.1. The minimum absolute atomic E-state index is 0.191. The van der Waals surface area contributed by atoms with Gasteiger partial charge in [0.05, 0.1) is 13.2 Å². The molecule has 0 radical (unpaired) electrons. The monoisotopic (exact) mass is 235 g/mol. The summed E-state index contributed by atoms with van der Waals surface area (Å²) in [4.78, 5) is 0. The third-order valence-electron chi connectivity index (χ3n) is 3.52. The number of methoxy groups -OCH3 is 1. The molecule has 0 saturated carbocycles. The van der Waals surface area contributed by atoms with Crippen molar-refractivity contribution in [2.75, 3.05) is 26.9 Å². The first-order valence-corrected chi connectivity index (χ1v) is 6.20. The minimum Gasteiger partial charge on any atom is -0.382 e. The maximum Gasteiger partial charge on any atom is 0.0700 e. The van der Waals surface area contributed by atoms with Crippen LogP contribution in [0.25, 0.3) is 0 Å². The lowest BCUT2D eigenvalue weighted by Gasteiger charge is -2.25. The van der Waals surface area contributed by atoms with Gasteiger partial charge in [-0.3, -0.25) is 0 Å². The van der Waals surface area contributed by atoms with Gasteiger partial charge >= 0.3 is 0 Å². The van der Waals surface area contributed by atoms with E-state index in [1.165, 1.54) is 11.1 Å². The minimum atomic E-state index is -0.191. The Bertz CT molecular complexity index is 367. The first kappa shape index (κ1) is 12.6. The van der Waals surface area contributed by atoms with Crippen LogP contribution in [0, 0.1) is 0 Å². The molecule has 0 saturated heterocycles. The quantitative estimate of drug-likeness (QED) is 0.765. The molecule has 3 nitrogen and oxygen atoms in total. The molecule has 0 amide bonds. The average Bonchev–Trinajstić information content (AvgIpc) is 2.68. The van der Waals surface area contributed by atoms with E-state index in [0.29, 0.717) is 19.8 Å². The van der Waals surface area contributed by atoms with Crippen LogP contribution in [0.15, 0.2) is 24.3 Å². The molecule has 2 N–H and O–H groups in total. The highest BCUT2D eigenvalue weighted by Crippen LogP contribution is 2.36. The largest absolute Gasteiger partial charge is 0.382 e. The van der Waals surface area contributed by atoms with Gasteiger partial charge in [0.25, 0.3) is 0 Å². The van der Waals surface area contributed by atoms with Gasteiger partial charge in [-0.05, 0) is 30.4 Å². The van der Waals surface area contributed by atoms with Crippen LogP contribution < -0.4 is 5.73 Å². The van der Waals surface area contributed by atoms with E-state index in [0.717, 1.165) is 19.3 Å². The van der Waals surface area contributed by atoms with Crippen LogP contribution in [0.4, 0.5) is 0 Å². The van der Waals surface area contributed by atoms with E-state index >= 15 is 0 Å². The third kappa shape index (κ3) is 2.86. The summed E-state index contributed by atoms with van der Waals surface area (Å²) >= 11 is 0. The number of aryl methyl sites for hydroxylation is 1. The lowest BCUT2D eigenvalue weighted by Crippen LogP contribution is -2.35. The Morgan fingerprint density at radius 1 is 1.24 bits per heavy atom. The molecule has 0 spiro atoms. The molecule has 3 heteroatoms. The molecule has 0 bridgehead atoms. The second-order valence-electron chi connectivity index (χ2n) is 4.67. The Morgan fingerprint density at radius 2 is 2.06 bits per heavy atom. The van der Waals surface area contributed by atoms with E-state index in [-0.39, 0.29) is 5.54 Å². The molecule has 1 atom stereocenters. The van der Waals surface area contributed by atoms with Gasteiger partial charge < -0.3 is 15.2 Å². The molecule has 1 aromatic rings. The van der Waals surface area contributed by atoms with E-state index in [4.69, 9.17) is 15.2 Å². The summed E-state index contributed by atoms with van der Waals surface area (Å²) in [7, 11) is 1.68. The van der Waals surface area contributed by atoms with Gasteiger partial charge in [0.1, 0.15) is 0 Å². The van der Waals surface area contributed by atoms with Crippen molar-refractivity contribution in [3.05, 3.63) is 35.4 Å². The summed E-state index contributed by atoms with van der Waals surface area (Å²) < 4.78 is 10.5. The molecule has 0 aromatic heterocycles. The predicted octanol–water partition coefficient (Wildman–Crippen LogP) is 1.84. The summed E-state index contributed by atoms with van der Waals surface area (Å²) in [6, 6.07) is 8.48. The second kappa shape index (κ2) is 5.63. The average molecular weight is 235 g/mol. The van der Waals surface area contributed by atoms with Crippen LogP contribution >= 0.6 is 0 Å². The zero-order valence-electron chi connectivity index (χ0n) is 10.4. The lowest BCUT2D eigenvalue weighted by atomic mass is 9.90. The molecule has 2 rings (SSSR count). The topological polar surface area (TPSA) is 44.5 Å². The highest BCUT2D eigenvalue weighted by molar-refractivity contribution is 5.38. The number of hydrogen-bond donors (Lipinski definition) is 1. The Labute approximate surface area is 103 Å². The second-order valence-corrected chi connectivity index (χ2v) is 4.67. The third-order valence-corrected chi connectivity index (χ3v) is 3.52. The van der Waals surface area contributed by atoms with Crippen molar-refractivity contribution in [2.24, 2.45) is 5.73 Å². The van der Waals surface area contributed by atoms with E-state index in [9.17, 15) is 0 Å². The number of ether oxygens (including phenoxy) is 2. The maximum atomic E-state index is 6.47. The lowest BCUT2D eigenvalue weighted by molar-refractivity contribution is 0.0608. The highest BCUT2D eigenvalue weighted by Gasteiger charge is 2.33. The van der Waals surface area contributed by atoms with E-state index in [1.807, 2.05) is 0 Å². The molecular weight excluding hydrogens is 214 g/mol. The summed E-state index contributed by atoms with van der Waals surface area (Å²) in [5.74, 6) is 0. The van der Waals surface area contributed by atoms with Crippen molar-refractivity contribution in [2.45, 2.75) is 24.8 Å². The molecule has 17 heavy (non-hydrogen) atoms. The van der Waals surface area contributed by atoms with Gasteiger partial charge in [-0.25, -0.2) is 0 Å². The van der Waals surface area contributed by atoms with Crippen molar-refractivity contribution in [1.29, 1.82) is 0 Å². The number of rotatable bonds is 6. The molecule has 1 aromatic carbocycles. The normalized spacial score (nSPS) is 22.7. The maximum absolute atomic E-state index is 6.47. The Morgan fingerprint density at radius 3 is 2.88 bits per heavy atom. The number of benzene rings is 1. The van der Waals surface area contributed by atoms with Crippen LogP contribution in [-0.4, -0.2) is 26.9 Å². The van der Waals surface area contributed by atoms with Crippen molar-refractivity contribution in [1.82, 2.24) is 0 Å². The number of nitrogens with two attached hydrogens (primary N) is 1. The molecule has 0 fully saturated rings. The van der Waals surface area contributed by atoms with Gasteiger partial charge in [0, 0.05) is 19.3 Å². The van der Waals surface area contributed by atoms with Gasteiger partial charge in [-0.15, -0.1) is 0 Å². The fourth-order valence-corrected chi connectivity index (χ4v) is 2.47. The van der Waals surface area contributed by atoms with Crippen LogP contribution in [0.5, 0.6) is 0 Å². The van der Waals surface area contributed by atoms with Crippen molar-refractivity contribution in [3.63, 3.8) is 0 Å². The first-order valence-electron chi connectivity index (χ1n) is 6.20. The zero-order valence-corrected chi connectivity index (χ0v) is 10.4. The van der Waals surface area contributed by atoms with E-state index in [1.54, 1.807) is 7.11 Å². The molecule has 1 unspecified atom stereocenters. The summed E-state index contributed by atoms with van der Waals surface area (Å²) in [6.07, 6.45) is 3.00. The molecule has 94 valence electrons. The molecule has 0 heterocycles. The van der Waals surface area contributed by atoms with Crippen LogP contribution in [0.3, 0.4) is 0 Å². The van der Waals surface area contributed by atoms with Crippen molar-refractivity contribution >= 4 is 0 Å². The van der Waals surface area contributed by atoms with E-state index < -0.39 is 0 Å². The van der Waals surface area contributed by atoms with E-state index in [2.05, 4.69) is 24.3 Å². The Hall–Kier alpha value is -0.900. The fourth-order valence-electron chi connectivity index (χ4n) is 2.47. The Balaban J connectivity index is 1.88. The smallest absolute Gasteiger partial charge is 0.0700 e. The standard InChI is InChI=1S/C14H21NO2/c1-16-10-11-17-9-8-14(15)7-6-12-4-2-3-5-13(12)14/h2-5H,6-11,15H2,1H3. The van der Waals surface area contributed by atoms with Gasteiger partial charge in [0.15, 0.2) is 0 Å². The molecular formula is C14H21NO2. The molecule has 0 aliphatic heterocycles. The fraction of sp³-hybridized carbons (Fsp3) is 0.571. The highest BCUT2D eigenvalue weighted by atomic mass is 16.5. The van der Waals surface area contributed by atoms with Gasteiger partial charge in [-0.1, -0.05) is 24.3 Å². The predicted molar refractivity (Wildman–Crippen MR) is 67.9 cm³/mol. The summed E-state index contributed by atoms with van der Waals surface area (Å²) in [5.41, 5.74) is 8.98. The van der Waals surface area contributed by atoms with Crippen molar-refractivity contribution < 1.29 is 9.47 Å². The van der Waals surface area contributed by atoms with Crippen LogP contribution in [0.2, 0.25) is 0 Å². The van der Waals surface area contributed by atoms with Gasteiger partial charge in [0.2, 0.25) is 0 Å². The van der Waals surface area contributed by atoms with Crippen LogP contribution in [0.1, 0.15) is 24.0 Å². The van der Waals surface area contributed by atoms with Crippen LogP contribution in [-0.2, 0) is 21.4 Å². The number of hydrogen-bond acceptors (Lipinski definition) is 3. The first-order chi connectivity index (χ1) is 8.26. The Kier molecular flexibility index (Phi) is 4.15. The van der Waals surface area contributed by atoms with Crippen molar-refractivity contribution in [3.8, 4) is 0 Å². The SMILES string of the molecule is COCCOCCC1(N)CCc2ccccc21.